The Labute approximate surface area is 103 Å². The number of nitrogens with one attached hydrogen (secondary N) is 1. The minimum Gasteiger partial charge on any atom is -0.373 e. The smallest absolute Gasteiger partial charge is 0.373 e. The number of ether oxygens (including phenoxy) is 1. The molecule has 0 aliphatic carbocycles. The summed E-state index contributed by atoms with van der Waals surface area (Å²) >= 11 is 0. The zero-order valence-corrected chi connectivity index (χ0v) is 9.86. The summed E-state index contributed by atoms with van der Waals surface area (Å²) in [4.78, 5) is 3.59. The molecular formula is C10H12ClF3N2O. The van der Waals surface area contributed by atoms with Gasteiger partial charge >= 0.3 is 6.18 Å². The Morgan fingerprint density at radius 1 is 1.41 bits per heavy atom. The molecule has 0 spiro atoms. The third-order valence-corrected chi connectivity index (χ3v) is 2.55. The van der Waals surface area contributed by atoms with E-state index in [4.69, 9.17) is 4.74 Å². The summed E-state index contributed by atoms with van der Waals surface area (Å²) < 4.78 is 42.4. The summed E-state index contributed by atoms with van der Waals surface area (Å²) in [6.07, 6.45) is -4.40. The molecule has 17 heavy (non-hydrogen) atoms. The van der Waals surface area contributed by atoms with Gasteiger partial charge in [0.2, 0.25) is 0 Å². The molecule has 0 saturated heterocycles. The molecule has 0 bridgehead atoms. The highest BCUT2D eigenvalue weighted by atomic mass is 35.5. The Morgan fingerprint density at radius 3 is 2.71 bits per heavy atom. The van der Waals surface area contributed by atoms with Crippen LogP contribution in [0, 0.1) is 0 Å². The van der Waals surface area contributed by atoms with Gasteiger partial charge in [0.1, 0.15) is 5.69 Å². The highest BCUT2D eigenvalue weighted by Gasteiger charge is 2.34. The Morgan fingerprint density at radius 2 is 2.12 bits per heavy atom. The highest BCUT2D eigenvalue weighted by molar-refractivity contribution is 5.85. The largest absolute Gasteiger partial charge is 0.433 e. The van der Waals surface area contributed by atoms with Gasteiger partial charge in [0.15, 0.2) is 0 Å². The lowest BCUT2D eigenvalue weighted by Crippen LogP contribution is -2.28. The van der Waals surface area contributed by atoms with Crippen molar-refractivity contribution < 1.29 is 17.9 Å². The van der Waals surface area contributed by atoms with Crippen LogP contribution in [0.1, 0.15) is 23.0 Å². The molecule has 96 valence electrons. The quantitative estimate of drug-likeness (QED) is 0.849. The number of hydrogen-bond donors (Lipinski definition) is 1. The van der Waals surface area contributed by atoms with Crippen molar-refractivity contribution in [2.45, 2.75) is 18.8 Å². The minimum absolute atomic E-state index is 0. The number of nitrogens with zero attached hydrogens (tertiary/aromatic N) is 1. The zero-order chi connectivity index (χ0) is 11.8. The van der Waals surface area contributed by atoms with E-state index in [1.807, 2.05) is 0 Å². The number of rotatable bonds is 1. The summed E-state index contributed by atoms with van der Waals surface area (Å²) in [7, 11) is 1.74. The predicted molar refractivity (Wildman–Crippen MR) is 57.9 cm³/mol. The van der Waals surface area contributed by atoms with Gasteiger partial charge in [-0.1, -0.05) is 6.07 Å². The lowest BCUT2D eigenvalue weighted by molar-refractivity contribution is -0.141. The van der Waals surface area contributed by atoms with E-state index in [0.29, 0.717) is 12.3 Å². The molecule has 0 fully saturated rings. The Balaban J connectivity index is 0.00000144. The van der Waals surface area contributed by atoms with Crippen molar-refractivity contribution in [1.82, 2.24) is 10.3 Å². The molecule has 1 aromatic heterocycles. The predicted octanol–water partition coefficient (Wildman–Crippen LogP) is 2.31. The number of hydrogen-bond acceptors (Lipinski definition) is 3. The fourth-order valence-corrected chi connectivity index (χ4v) is 1.70. The van der Waals surface area contributed by atoms with Crippen molar-refractivity contribution in [2.75, 3.05) is 13.7 Å². The number of fused-ring (bicyclic) bond motifs is 1. The Kier molecular flexibility index (Phi) is 4.35. The SMILES string of the molecule is CN[C@H]1COCc2nc(C(F)(F)F)ccc21.Cl. The molecule has 1 atom stereocenters. The maximum atomic E-state index is 12.4. The topological polar surface area (TPSA) is 34.1 Å². The molecule has 2 heterocycles. The molecule has 2 rings (SSSR count). The molecule has 1 N–H and O–H groups in total. The fraction of sp³-hybridized carbons (Fsp3) is 0.500. The molecule has 1 aromatic rings. The molecule has 0 saturated carbocycles. The van der Waals surface area contributed by atoms with E-state index < -0.39 is 11.9 Å². The number of aromatic nitrogens is 1. The van der Waals surface area contributed by atoms with Crippen LogP contribution < -0.4 is 5.32 Å². The molecule has 3 nitrogen and oxygen atoms in total. The lowest BCUT2D eigenvalue weighted by atomic mass is 10.0. The Hall–Kier alpha value is -0.850. The molecule has 1 aliphatic heterocycles. The second-order valence-corrected chi connectivity index (χ2v) is 3.59. The Bertz CT molecular complexity index is 398. The first kappa shape index (κ1) is 14.2. The van der Waals surface area contributed by atoms with Crippen LogP contribution in [-0.4, -0.2) is 18.6 Å². The average Bonchev–Trinajstić information content (AvgIpc) is 2.26. The van der Waals surface area contributed by atoms with Crippen molar-refractivity contribution in [1.29, 1.82) is 0 Å². The number of alkyl halides is 3. The van der Waals surface area contributed by atoms with E-state index in [1.54, 1.807) is 7.05 Å². The summed E-state index contributed by atoms with van der Waals surface area (Å²) in [5, 5.41) is 2.97. The highest BCUT2D eigenvalue weighted by Crippen LogP contribution is 2.31. The van der Waals surface area contributed by atoms with Crippen LogP contribution in [-0.2, 0) is 17.5 Å². The van der Waals surface area contributed by atoms with Crippen LogP contribution >= 0.6 is 12.4 Å². The standard InChI is InChI=1S/C10H11F3N2O.ClH/c1-14-7-4-16-5-8-6(7)2-3-9(15-8)10(11,12)13;/h2-3,7,14H,4-5H2,1H3;1H/t7-;/m0./s1. The summed E-state index contributed by atoms with van der Waals surface area (Å²) in [5.41, 5.74) is 0.272. The van der Waals surface area contributed by atoms with Gasteiger partial charge in [-0.3, -0.25) is 0 Å². The summed E-state index contributed by atoms with van der Waals surface area (Å²) in [5.74, 6) is 0. The van der Waals surface area contributed by atoms with Crippen molar-refractivity contribution in [3.8, 4) is 0 Å². The number of pyridine rings is 1. The maximum Gasteiger partial charge on any atom is 0.433 e. The van der Waals surface area contributed by atoms with Gasteiger partial charge in [0.25, 0.3) is 0 Å². The molecule has 0 unspecified atom stereocenters. The van der Waals surface area contributed by atoms with Gasteiger partial charge in [0.05, 0.1) is 24.9 Å². The van der Waals surface area contributed by atoms with Crippen LogP contribution in [0.2, 0.25) is 0 Å². The van der Waals surface area contributed by atoms with Gasteiger partial charge in [-0.25, -0.2) is 4.98 Å². The zero-order valence-electron chi connectivity index (χ0n) is 9.04. The van der Waals surface area contributed by atoms with Crippen LogP contribution in [0.5, 0.6) is 0 Å². The first-order valence-corrected chi connectivity index (χ1v) is 4.84. The maximum absolute atomic E-state index is 12.4. The molecule has 7 heteroatoms. The number of halogens is 4. The third-order valence-electron chi connectivity index (χ3n) is 2.55. The van der Waals surface area contributed by atoms with E-state index >= 15 is 0 Å². The molecule has 0 radical (unpaired) electrons. The first-order chi connectivity index (χ1) is 7.52. The van der Waals surface area contributed by atoms with Crippen LogP contribution in [0.3, 0.4) is 0 Å². The van der Waals surface area contributed by atoms with Gasteiger partial charge in [-0.05, 0) is 18.7 Å². The normalized spacial score (nSPS) is 19.4. The summed E-state index contributed by atoms with van der Waals surface area (Å²) in [6, 6.07) is 2.39. The van der Waals surface area contributed by atoms with Crippen molar-refractivity contribution in [3.05, 3.63) is 29.1 Å². The lowest BCUT2D eigenvalue weighted by Gasteiger charge is -2.25. The van der Waals surface area contributed by atoms with Crippen molar-refractivity contribution in [2.24, 2.45) is 0 Å². The second kappa shape index (κ2) is 5.20. The summed E-state index contributed by atoms with van der Waals surface area (Å²) in [6.45, 7) is 0.591. The molecule has 0 amide bonds. The van der Waals surface area contributed by atoms with E-state index in [1.165, 1.54) is 6.07 Å². The van der Waals surface area contributed by atoms with Crippen molar-refractivity contribution >= 4 is 12.4 Å². The van der Waals surface area contributed by atoms with Gasteiger partial charge in [0, 0.05) is 0 Å². The number of likely N-dealkylation sites (N-methyl/N-ethyl adjacent to an activating group) is 1. The van der Waals surface area contributed by atoms with E-state index in [0.717, 1.165) is 11.6 Å². The monoisotopic (exact) mass is 268 g/mol. The average molecular weight is 269 g/mol. The van der Waals surface area contributed by atoms with Crippen LogP contribution in [0.15, 0.2) is 12.1 Å². The van der Waals surface area contributed by atoms with E-state index in [2.05, 4.69) is 10.3 Å². The second-order valence-electron chi connectivity index (χ2n) is 3.59. The van der Waals surface area contributed by atoms with Crippen LogP contribution in [0.4, 0.5) is 13.2 Å². The van der Waals surface area contributed by atoms with E-state index in [9.17, 15) is 13.2 Å². The first-order valence-electron chi connectivity index (χ1n) is 4.84. The van der Waals surface area contributed by atoms with Gasteiger partial charge in [-0.15, -0.1) is 12.4 Å². The minimum atomic E-state index is -4.40. The van der Waals surface area contributed by atoms with Gasteiger partial charge in [-0.2, -0.15) is 13.2 Å². The molecular weight excluding hydrogens is 257 g/mol. The van der Waals surface area contributed by atoms with Gasteiger partial charge < -0.3 is 10.1 Å². The molecule has 1 aliphatic rings. The third kappa shape index (κ3) is 2.88. The van der Waals surface area contributed by atoms with E-state index in [-0.39, 0.29) is 25.1 Å². The van der Waals surface area contributed by atoms with Crippen molar-refractivity contribution in [3.63, 3.8) is 0 Å². The molecule has 0 aromatic carbocycles. The fourth-order valence-electron chi connectivity index (χ4n) is 1.70. The van der Waals surface area contributed by atoms with Crippen LogP contribution in [0.25, 0.3) is 0 Å².